The van der Waals surface area contributed by atoms with Crippen molar-refractivity contribution in [3.63, 3.8) is 0 Å². The van der Waals surface area contributed by atoms with Gasteiger partial charge in [-0.15, -0.1) is 0 Å². The third-order valence-electron chi connectivity index (χ3n) is 5.37. The van der Waals surface area contributed by atoms with Gasteiger partial charge in [0, 0.05) is 31.6 Å². The van der Waals surface area contributed by atoms with Gasteiger partial charge in [0.05, 0.1) is 7.11 Å². The van der Waals surface area contributed by atoms with Crippen LogP contribution in [0.1, 0.15) is 46.2 Å². The number of hydrogen-bond donors (Lipinski definition) is 2. The molecule has 8 nitrogen and oxygen atoms in total. The molecule has 1 amide bonds. The number of methoxy groups -OCH3 is 1. The fourth-order valence-corrected chi connectivity index (χ4v) is 3.67. The van der Waals surface area contributed by atoms with Crippen molar-refractivity contribution in [3.05, 3.63) is 80.8 Å². The number of imidazole rings is 1. The van der Waals surface area contributed by atoms with Crippen molar-refractivity contribution >= 4 is 5.91 Å². The third-order valence-corrected chi connectivity index (χ3v) is 5.37. The number of nitrogens with one attached hydrogen (secondary N) is 2. The van der Waals surface area contributed by atoms with Crippen LogP contribution in [0.5, 0.6) is 5.75 Å². The summed E-state index contributed by atoms with van der Waals surface area (Å²) >= 11 is 0. The number of hydrogen-bond acceptors (Lipinski definition) is 5. The maximum Gasteiger partial charge on any atom is 0.266 e. The second kappa shape index (κ2) is 9.30. The number of carbonyl (C=O) groups is 1. The number of rotatable bonds is 7. The van der Waals surface area contributed by atoms with Crippen molar-refractivity contribution in [2.75, 3.05) is 7.11 Å². The van der Waals surface area contributed by atoms with E-state index in [4.69, 9.17) is 4.74 Å². The van der Waals surface area contributed by atoms with Gasteiger partial charge in [-0.2, -0.15) is 5.26 Å². The number of carbonyl (C=O) groups excluding carboxylic acids is 1. The number of aromatic amines is 1. The van der Waals surface area contributed by atoms with Crippen molar-refractivity contribution in [1.29, 1.82) is 5.26 Å². The molecule has 0 fully saturated rings. The molecule has 2 heterocycles. The van der Waals surface area contributed by atoms with E-state index in [-0.39, 0.29) is 17.9 Å². The SMILES string of the molecule is COc1cccc(C(NC(=O)CCc2c(C)[nH]c(=O)c(C#N)c2C)c2nccn2C)c1. The Hall–Kier alpha value is -3.86. The molecule has 1 atom stereocenters. The van der Waals surface area contributed by atoms with Gasteiger partial charge in [-0.25, -0.2) is 4.98 Å². The van der Waals surface area contributed by atoms with E-state index in [1.54, 1.807) is 27.2 Å². The molecule has 0 aliphatic heterocycles. The van der Waals surface area contributed by atoms with Crippen LogP contribution < -0.4 is 15.6 Å². The van der Waals surface area contributed by atoms with E-state index in [1.165, 1.54) is 0 Å². The van der Waals surface area contributed by atoms with Gasteiger partial charge in [-0.05, 0) is 49.1 Å². The second-order valence-corrected chi connectivity index (χ2v) is 7.34. The topological polar surface area (TPSA) is 113 Å². The molecule has 1 aromatic carbocycles. The molecule has 0 radical (unpaired) electrons. The fourth-order valence-electron chi connectivity index (χ4n) is 3.67. The van der Waals surface area contributed by atoms with Crippen LogP contribution in [-0.2, 0) is 18.3 Å². The Kier molecular flexibility index (Phi) is 6.55. The minimum Gasteiger partial charge on any atom is -0.497 e. The maximum absolute atomic E-state index is 12.9. The molecular weight excluding hydrogens is 394 g/mol. The molecule has 3 rings (SSSR count). The van der Waals surface area contributed by atoms with E-state index in [9.17, 15) is 14.9 Å². The number of nitriles is 1. The summed E-state index contributed by atoms with van der Waals surface area (Å²) in [5.74, 6) is 1.22. The van der Waals surface area contributed by atoms with E-state index in [1.807, 2.05) is 48.1 Å². The lowest BCUT2D eigenvalue weighted by molar-refractivity contribution is -0.121. The molecule has 0 saturated carbocycles. The Morgan fingerprint density at radius 1 is 1.39 bits per heavy atom. The van der Waals surface area contributed by atoms with E-state index in [0.717, 1.165) is 11.1 Å². The van der Waals surface area contributed by atoms with Crippen molar-refractivity contribution in [2.24, 2.45) is 7.05 Å². The van der Waals surface area contributed by atoms with E-state index in [0.29, 0.717) is 29.3 Å². The molecule has 2 N–H and O–H groups in total. The quantitative estimate of drug-likeness (QED) is 0.611. The largest absolute Gasteiger partial charge is 0.497 e. The van der Waals surface area contributed by atoms with Crippen molar-refractivity contribution < 1.29 is 9.53 Å². The highest BCUT2D eigenvalue weighted by Crippen LogP contribution is 2.24. The predicted octanol–water partition coefficient (Wildman–Crippen LogP) is 2.44. The average Bonchev–Trinajstić information content (AvgIpc) is 3.17. The lowest BCUT2D eigenvalue weighted by Gasteiger charge is -2.20. The van der Waals surface area contributed by atoms with Gasteiger partial charge < -0.3 is 19.6 Å². The number of benzene rings is 1. The molecule has 1 unspecified atom stereocenters. The summed E-state index contributed by atoms with van der Waals surface area (Å²) in [6.07, 6.45) is 4.11. The molecule has 0 bridgehead atoms. The van der Waals surface area contributed by atoms with Gasteiger partial charge >= 0.3 is 0 Å². The van der Waals surface area contributed by atoms with Crippen LogP contribution >= 0.6 is 0 Å². The lowest BCUT2D eigenvalue weighted by atomic mass is 9.98. The Morgan fingerprint density at radius 2 is 2.16 bits per heavy atom. The van der Waals surface area contributed by atoms with Gasteiger partial charge in [0.1, 0.15) is 29.2 Å². The van der Waals surface area contributed by atoms with Gasteiger partial charge in [0.2, 0.25) is 5.91 Å². The molecule has 0 spiro atoms. The summed E-state index contributed by atoms with van der Waals surface area (Å²) in [6.45, 7) is 3.51. The first-order valence-corrected chi connectivity index (χ1v) is 9.88. The summed E-state index contributed by atoms with van der Waals surface area (Å²) in [5.41, 5.74) is 2.63. The molecule has 0 aliphatic rings. The molecule has 3 aromatic rings. The number of amides is 1. The Bertz CT molecular complexity index is 1200. The molecule has 31 heavy (non-hydrogen) atoms. The van der Waals surface area contributed by atoms with Crippen LogP contribution in [0.25, 0.3) is 0 Å². The highest BCUT2D eigenvalue weighted by molar-refractivity contribution is 5.77. The zero-order valence-corrected chi connectivity index (χ0v) is 18.0. The number of nitrogens with zero attached hydrogens (tertiary/aromatic N) is 3. The Balaban J connectivity index is 1.83. The Labute approximate surface area is 180 Å². The number of aromatic nitrogens is 3. The van der Waals surface area contributed by atoms with Crippen LogP contribution in [0, 0.1) is 25.2 Å². The number of H-pyrrole nitrogens is 1. The summed E-state index contributed by atoms with van der Waals surface area (Å²) < 4.78 is 7.19. The standard InChI is InChI=1S/C23H25N5O3/c1-14-18(15(2)26-23(30)19(14)13-24)8-9-20(29)27-21(22-25-10-11-28(22)3)16-6-5-7-17(12-16)31-4/h5-7,10-12,21H,8-9H2,1-4H3,(H,26,30)(H,27,29). The average molecular weight is 419 g/mol. The van der Waals surface area contributed by atoms with Gasteiger partial charge in [0.25, 0.3) is 5.56 Å². The van der Waals surface area contributed by atoms with Crippen LogP contribution in [0.15, 0.2) is 41.5 Å². The number of pyridine rings is 1. The van der Waals surface area contributed by atoms with E-state index < -0.39 is 11.6 Å². The molecular formula is C23H25N5O3. The first kappa shape index (κ1) is 21.8. The summed E-state index contributed by atoms with van der Waals surface area (Å²) in [6, 6.07) is 8.99. The number of aryl methyl sites for hydroxylation is 2. The molecule has 0 saturated heterocycles. The smallest absolute Gasteiger partial charge is 0.266 e. The molecule has 160 valence electrons. The van der Waals surface area contributed by atoms with E-state index in [2.05, 4.69) is 15.3 Å². The maximum atomic E-state index is 12.9. The zero-order valence-electron chi connectivity index (χ0n) is 18.0. The molecule has 8 heteroatoms. The summed E-state index contributed by atoms with van der Waals surface area (Å²) in [5, 5.41) is 12.3. The number of ether oxygens (including phenoxy) is 1. The van der Waals surface area contributed by atoms with Crippen LogP contribution in [0.3, 0.4) is 0 Å². The van der Waals surface area contributed by atoms with Crippen molar-refractivity contribution in [3.8, 4) is 11.8 Å². The summed E-state index contributed by atoms with van der Waals surface area (Å²) in [4.78, 5) is 31.9. The Morgan fingerprint density at radius 3 is 2.81 bits per heavy atom. The van der Waals surface area contributed by atoms with Gasteiger partial charge in [-0.3, -0.25) is 9.59 Å². The lowest BCUT2D eigenvalue weighted by Crippen LogP contribution is -2.31. The zero-order chi connectivity index (χ0) is 22.5. The highest BCUT2D eigenvalue weighted by Gasteiger charge is 2.22. The van der Waals surface area contributed by atoms with Crippen molar-refractivity contribution in [2.45, 2.75) is 32.7 Å². The third kappa shape index (κ3) is 4.67. The normalized spacial score (nSPS) is 11.6. The van der Waals surface area contributed by atoms with Gasteiger partial charge in [0.15, 0.2) is 0 Å². The predicted molar refractivity (Wildman–Crippen MR) is 116 cm³/mol. The monoisotopic (exact) mass is 419 g/mol. The molecule has 2 aromatic heterocycles. The second-order valence-electron chi connectivity index (χ2n) is 7.34. The molecule has 0 aliphatic carbocycles. The summed E-state index contributed by atoms with van der Waals surface area (Å²) in [7, 11) is 3.47. The van der Waals surface area contributed by atoms with Crippen LogP contribution in [-0.4, -0.2) is 27.6 Å². The van der Waals surface area contributed by atoms with E-state index >= 15 is 0 Å². The van der Waals surface area contributed by atoms with Crippen LogP contribution in [0.4, 0.5) is 0 Å². The first-order valence-electron chi connectivity index (χ1n) is 9.88. The van der Waals surface area contributed by atoms with Gasteiger partial charge in [-0.1, -0.05) is 12.1 Å². The fraction of sp³-hybridized carbons (Fsp3) is 0.304. The first-order chi connectivity index (χ1) is 14.8. The minimum atomic E-state index is -0.449. The van der Waals surface area contributed by atoms with Crippen molar-refractivity contribution in [1.82, 2.24) is 19.9 Å². The highest BCUT2D eigenvalue weighted by atomic mass is 16.5. The van der Waals surface area contributed by atoms with Crippen LogP contribution in [0.2, 0.25) is 0 Å². The minimum absolute atomic E-state index is 0.0864.